The van der Waals surface area contributed by atoms with E-state index in [0.29, 0.717) is 10.9 Å². The molecule has 1 atom stereocenters. The third-order valence-corrected chi connectivity index (χ3v) is 3.36. The molecule has 2 N–H and O–H groups in total. The first-order valence-electron chi connectivity index (χ1n) is 6.16. The Morgan fingerprint density at radius 3 is 2.74 bits per heavy atom. The van der Waals surface area contributed by atoms with Crippen LogP contribution in [0.25, 0.3) is 5.69 Å². The first kappa shape index (κ1) is 13.9. The second-order valence-electron chi connectivity index (χ2n) is 4.77. The number of benzene rings is 1. The molecule has 0 saturated carbocycles. The van der Waals surface area contributed by atoms with Crippen LogP contribution in [-0.4, -0.2) is 16.7 Å². The van der Waals surface area contributed by atoms with Crippen LogP contribution >= 0.6 is 11.6 Å². The minimum atomic E-state index is -0.0915. The Balaban J connectivity index is 2.54. The lowest BCUT2D eigenvalue weighted by Gasteiger charge is -2.19. The van der Waals surface area contributed by atoms with Gasteiger partial charge in [0.15, 0.2) is 0 Å². The Bertz CT molecular complexity index is 566. The second-order valence-corrected chi connectivity index (χ2v) is 5.21. The average Bonchev–Trinajstić information content (AvgIpc) is 2.86. The highest BCUT2D eigenvalue weighted by Gasteiger charge is 2.18. The van der Waals surface area contributed by atoms with Gasteiger partial charge in [0.25, 0.3) is 0 Å². The first-order chi connectivity index (χ1) is 9.04. The van der Waals surface area contributed by atoms with Gasteiger partial charge in [-0.25, -0.2) is 4.98 Å². The summed E-state index contributed by atoms with van der Waals surface area (Å²) < 4.78 is 7.30. The molecule has 0 radical (unpaired) electrons. The van der Waals surface area contributed by atoms with Gasteiger partial charge in [0.05, 0.1) is 31.0 Å². The molecule has 19 heavy (non-hydrogen) atoms. The van der Waals surface area contributed by atoms with Crippen molar-refractivity contribution >= 4 is 11.6 Å². The van der Waals surface area contributed by atoms with E-state index in [2.05, 4.69) is 18.8 Å². The van der Waals surface area contributed by atoms with Crippen LogP contribution in [-0.2, 0) is 0 Å². The molecule has 1 unspecified atom stereocenters. The van der Waals surface area contributed by atoms with Gasteiger partial charge in [0.1, 0.15) is 5.75 Å². The molecule has 102 valence electrons. The summed E-state index contributed by atoms with van der Waals surface area (Å²) >= 11 is 6.06. The molecule has 2 rings (SSSR count). The van der Waals surface area contributed by atoms with E-state index in [9.17, 15) is 0 Å². The van der Waals surface area contributed by atoms with Crippen molar-refractivity contribution in [3.05, 3.63) is 41.4 Å². The van der Waals surface area contributed by atoms with E-state index in [1.54, 1.807) is 25.7 Å². The molecule has 1 aromatic carbocycles. The van der Waals surface area contributed by atoms with Crippen molar-refractivity contribution < 1.29 is 4.74 Å². The van der Waals surface area contributed by atoms with Gasteiger partial charge in [0.2, 0.25) is 0 Å². The zero-order chi connectivity index (χ0) is 14.0. The topological polar surface area (TPSA) is 53.1 Å². The van der Waals surface area contributed by atoms with Crippen molar-refractivity contribution in [3.8, 4) is 11.4 Å². The first-order valence-corrected chi connectivity index (χ1v) is 6.54. The maximum atomic E-state index is 6.22. The summed E-state index contributed by atoms with van der Waals surface area (Å²) in [6, 6.07) is 5.38. The van der Waals surface area contributed by atoms with Crippen molar-refractivity contribution in [1.82, 2.24) is 9.55 Å². The van der Waals surface area contributed by atoms with Crippen LogP contribution in [0.15, 0.2) is 30.7 Å². The third kappa shape index (κ3) is 2.74. The lowest BCUT2D eigenvalue weighted by Crippen LogP contribution is -2.20. The normalized spacial score (nSPS) is 12.7. The minimum Gasteiger partial charge on any atom is -0.495 e. The zero-order valence-electron chi connectivity index (χ0n) is 11.3. The fourth-order valence-electron chi connectivity index (χ4n) is 1.95. The molecular formula is C14H18ClN3O. The SMILES string of the molecule is COc1ccc(Cl)cc1-n1cncc1C(N)C(C)C. The number of nitrogens with zero attached hydrogens (tertiary/aromatic N) is 2. The number of methoxy groups -OCH3 is 1. The average molecular weight is 280 g/mol. The molecule has 0 bridgehead atoms. The van der Waals surface area contributed by atoms with Gasteiger partial charge in [-0.15, -0.1) is 0 Å². The smallest absolute Gasteiger partial charge is 0.142 e. The van der Waals surface area contributed by atoms with Gasteiger partial charge in [0, 0.05) is 11.1 Å². The standard InChI is InChI=1S/C14H18ClN3O/c1-9(2)14(16)12-7-17-8-18(12)11-6-10(15)4-5-13(11)19-3/h4-9,14H,16H2,1-3H3. The van der Waals surface area contributed by atoms with Gasteiger partial charge in [-0.1, -0.05) is 25.4 Å². The van der Waals surface area contributed by atoms with E-state index in [-0.39, 0.29) is 6.04 Å². The Labute approximate surface area is 118 Å². The van der Waals surface area contributed by atoms with Gasteiger partial charge >= 0.3 is 0 Å². The van der Waals surface area contributed by atoms with E-state index in [1.165, 1.54) is 0 Å². The number of imidazole rings is 1. The summed E-state index contributed by atoms with van der Waals surface area (Å²) in [5, 5.41) is 0.647. The quantitative estimate of drug-likeness (QED) is 0.935. The molecule has 0 aliphatic rings. The Morgan fingerprint density at radius 1 is 1.37 bits per heavy atom. The third-order valence-electron chi connectivity index (χ3n) is 3.13. The number of ether oxygens (including phenoxy) is 1. The van der Waals surface area contributed by atoms with Crippen molar-refractivity contribution in [3.63, 3.8) is 0 Å². The molecule has 2 aromatic rings. The number of rotatable bonds is 4. The van der Waals surface area contributed by atoms with Gasteiger partial charge < -0.3 is 10.5 Å². The fourth-order valence-corrected chi connectivity index (χ4v) is 2.11. The summed E-state index contributed by atoms with van der Waals surface area (Å²) in [5.74, 6) is 1.06. The molecule has 1 heterocycles. The predicted molar refractivity (Wildman–Crippen MR) is 76.9 cm³/mol. The summed E-state index contributed by atoms with van der Waals surface area (Å²) in [7, 11) is 1.63. The highest BCUT2D eigenvalue weighted by Crippen LogP contribution is 2.29. The molecule has 0 saturated heterocycles. The molecule has 0 aliphatic heterocycles. The van der Waals surface area contributed by atoms with Crippen LogP contribution in [0.5, 0.6) is 5.75 Å². The van der Waals surface area contributed by atoms with E-state index < -0.39 is 0 Å². The summed E-state index contributed by atoms with van der Waals surface area (Å²) in [6.45, 7) is 4.16. The molecule has 4 nitrogen and oxygen atoms in total. The maximum Gasteiger partial charge on any atom is 0.142 e. The van der Waals surface area contributed by atoms with Crippen molar-refractivity contribution in [1.29, 1.82) is 0 Å². The fraction of sp³-hybridized carbons (Fsp3) is 0.357. The molecule has 0 spiro atoms. The highest BCUT2D eigenvalue weighted by atomic mass is 35.5. The molecule has 0 aliphatic carbocycles. The monoisotopic (exact) mass is 279 g/mol. The van der Waals surface area contributed by atoms with Crippen molar-refractivity contribution in [2.45, 2.75) is 19.9 Å². The van der Waals surface area contributed by atoms with Crippen LogP contribution in [0.4, 0.5) is 0 Å². The zero-order valence-corrected chi connectivity index (χ0v) is 12.1. The Morgan fingerprint density at radius 2 is 2.11 bits per heavy atom. The molecule has 0 amide bonds. The maximum absolute atomic E-state index is 6.22. The van der Waals surface area contributed by atoms with Crippen LogP contribution in [0.2, 0.25) is 5.02 Å². The van der Waals surface area contributed by atoms with E-state index >= 15 is 0 Å². The van der Waals surface area contributed by atoms with Crippen LogP contribution in [0, 0.1) is 5.92 Å². The van der Waals surface area contributed by atoms with Gasteiger partial charge in [-0.3, -0.25) is 4.57 Å². The number of aromatic nitrogens is 2. The molecule has 5 heteroatoms. The summed E-state index contributed by atoms with van der Waals surface area (Å²) in [5.41, 5.74) is 8.00. The molecular weight excluding hydrogens is 262 g/mol. The largest absolute Gasteiger partial charge is 0.495 e. The van der Waals surface area contributed by atoms with E-state index in [1.807, 2.05) is 16.7 Å². The van der Waals surface area contributed by atoms with Gasteiger partial charge in [-0.2, -0.15) is 0 Å². The Hall–Kier alpha value is -1.52. The minimum absolute atomic E-state index is 0.0915. The summed E-state index contributed by atoms with van der Waals surface area (Å²) in [4.78, 5) is 4.19. The number of nitrogens with two attached hydrogens (primary N) is 1. The number of hydrogen-bond acceptors (Lipinski definition) is 3. The molecule has 1 aromatic heterocycles. The van der Waals surface area contributed by atoms with E-state index in [4.69, 9.17) is 22.1 Å². The van der Waals surface area contributed by atoms with Crippen molar-refractivity contribution in [2.24, 2.45) is 11.7 Å². The van der Waals surface area contributed by atoms with Crippen LogP contribution in [0.3, 0.4) is 0 Å². The van der Waals surface area contributed by atoms with E-state index in [0.717, 1.165) is 17.1 Å². The van der Waals surface area contributed by atoms with Crippen LogP contribution < -0.4 is 10.5 Å². The van der Waals surface area contributed by atoms with Crippen molar-refractivity contribution in [2.75, 3.05) is 7.11 Å². The lowest BCUT2D eigenvalue weighted by atomic mass is 10.0. The number of hydrogen-bond donors (Lipinski definition) is 1. The number of halogens is 1. The van der Waals surface area contributed by atoms with Crippen LogP contribution in [0.1, 0.15) is 25.6 Å². The lowest BCUT2D eigenvalue weighted by molar-refractivity contribution is 0.411. The molecule has 0 fully saturated rings. The van der Waals surface area contributed by atoms with Gasteiger partial charge in [-0.05, 0) is 24.1 Å². The highest BCUT2D eigenvalue weighted by molar-refractivity contribution is 6.30. The second kappa shape index (κ2) is 5.63. The Kier molecular flexibility index (Phi) is 4.12. The summed E-state index contributed by atoms with van der Waals surface area (Å²) in [6.07, 6.45) is 3.51. The predicted octanol–water partition coefficient (Wildman–Crippen LogP) is 3.19.